The van der Waals surface area contributed by atoms with E-state index < -0.39 is 34.2 Å². The lowest BCUT2D eigenvalue weighted by Crippen LogP contribution is -2.34. The van der Waals surface area contributed by atoms with Gasteiger partial charge in [-0.25, -0.2) is 12.8 Å². The number of sulfone groups is 1. The Balaban J connectivity index is 1.72. The maximum atomic E-state index is 14.8. The number of carbonyl (C=O) groups is 1. The molecule has 1 aliphatic rings. The van der Waals surface area contributed by atoms with E-state index in [9.17, 15) is 30.8 Å². The molecular weight excluding hydrogens is 510 g/mol. The molecule has 3 rings (SSSR count). The van der Waals surface area contributed by atoms with Crippen molar-refractivity contribution in [2.24, 2.45) is 5.92 Å². The number of nitrogens with one attached hydrogen (secondary N) is 1. The summed E-state index contributed by atoms with van der Waals surface area (Å²) >= 11 is 6.43. The van der Waals surface area contributed by atoms with Crippen molar-refractivity contribution < 1.29 is 30.8 Å². The molecule has 1 fully saturated rings. The van der Waals surface area contributed by atoms with E-state index in [0.717, 1.165) is 6.07 Å². The quantitative estimate of drug-likeness (QED) is 0.470. The van der Waals surface area contributed by atoms with E-state index in [1.807, 2.05) is 0 Å². The zero-order chi connectivity index (χ0) is 26.0. The molecule has 0 aliphatic heterocycles. The highest BCUT2D eigenvalue weighted by molar-refractivity contribution is 7.91. The number of amides is 1. The van der Waals surface area contributed by atoms with Crippen LogP contribution in [0.15, 0.2) is 18.2 Å². The third kappa shape index (κ3) is 6.97. The van der Waals surface area contributed by atoms with Gasteiger partial charge in [0.15, 0.2) is 5.69 Å². The molecule has 1 aromatic heterocycles. The highest BCUT2D eigenvalue weighted by Gasteiger charge is 2.30. The standard InChI is InChI=1S/C23H28ClF4N3O3S/c1-3-31-21(17-9-6-14(12-18(17)25)10-11-23(26,27)28)19(24)20(30-31)22(32)29-13-15-4-7-16(8-5-15)35(2,33)34/h6,9,12,15-16H,3-5,7-8,10-11,13H2,1-2H3,(H,29,32). The molecule has 1 aliphatic carbocycles. The molecule has 1 saturated carbocycles. The molecule has 0 unspecified atom stereocenters. The molecule has 0 atom stereocenters. The second kappa shape index (κ2) is 10.9. The van der Waals surface area contributed by atoms with Crippen molar-refractivity contribution in [1.82, 2.24) is 15.1 Å². The van der Waals surface area contributed by atoms with Crippen molar-refractivity contribution in [2.75, 3.05) is 12.8 Å². The molecule has 1 heterocycles. The summed E-state index contributed by atoms with van der Waals surface area (Å²) in [5.74, 6) is -1.16. The van der Waals surface area contributed by atoms with Crippen LogP contribution in [0.1, 0.15) is 55.1 Å². The van der Waals surface area contributed by atoms with Gasteiger partial charge in [-0.3, -0.25) is 9.48 Å². The topological polar surface area (TPSA) is 81.1 Å². The van der Waals surface area contributed by atoms with Crippen molar-refractivity contribution in [2.45, 2.75) is 63.4 Å². The molecule has 0 radical (unpaired) electrons. The van der Waals surface area contributed by atoms with Crippen molar-refractivity contribution in [3.63, 3.8) is 0 Å². The summed E-state index contributed by atoms with van der Waals surface area (Å²) in [6.45, 7) is 2.36. The summed E-state index contributed by atoms with van der Waals surface area (Å²) in [7, 11) is -3.07. The molecular formula is C23H28ClF4N3O3S. The van der Waals surface area contributed by atoms with Gasteiger partial charge in [0.25, 0.3) is 5.91 Å². The summed E-state index contributed by atoms with van der Waals surface area (Å²) < 4.78 is 77.1. The zero-order valence-electron chi connectivity index (χ0n) is 19.5. The average Bonchev–Trinajstić information content (AvgIpc) is 3.11. The fraction of sp³-hybridized carbons (Fsp3) is 0.565. The Kier molecular flexibility index (Phi) is 8.52. The van der Waals surface area contributed by atoms with Crippen LogP contribution in [0.5, 0.6) is 0 Å². The summed E-state index contributed by atoms with van der Waals surface area (Å²) in [6.07, 6.45) is -2.06. The van der Waals surface area contributed by atoms with Crippen molar-refractivity contribution >= 4 is 27.3 Å². The SMILES string of the molecule is CCn1nc(C(=O)NCC2CCC(S(C)(=O)=O)CC2)c(Cl)c1-c1ccc(CCC(F)(F)F)cc1F. The van der Waals surface area contributed by atoms with Gasteiger partial charge in [0, 0.05) is 31.3 Å². The Hall–Kier alpha value is -2.14. The minimum Gasteiger partial charge on any atom is -0.350 e. The second-order valence-corrected chi connectivity index (χ2v) is 11.6. The minimum atomic E-state index is -4.34. The smallest absolute Gasteiger partial charge is 0.350 e. The normalized spacial score (nSPS) is 19.1. The molecule has 12 heteroatoms. The summed E-state index contributed by atoms with van der Waals surface area (Å²) in [6, 6.07) is 3.79. The van der Waals surface area contributed by atoms with Gasteiger partial charge in [0.05, 0.1) is 16.0 Å². The fourth-order valence-corrected chi connectivity index (χ4v) is 5.80. The summed E-state index contributed by atoms with van der Waals surface area (Å²) in [5.41, 5.74) is 0.339. The molecule has 0 bridgehead atoms. The predicted molar refractivity (Wildman–Crippen MR) is 126 cm³/mol. The highest BCUT2D eigenvalue weighted by atomic mass is 35.5. The number of aromatic nitrogens is 2. The van der Waals surface area contributed by atoms with Gasteiger partial charge in [-0.2, -0.15) is 18.3 Å². The third-order valence-corrected chi connectivity index (χ3v) is 8.39. The Morgan fingerprint density at radius 3 is 2.43 bits per heavy atom. The molecule has 2 aromatic rings. The van der Waals surface area contributed by atoms with Crippen LogP contribution in [0.25, 0.3) is 11.3 Å². The summed E-state index contributed by atoms with van der Waals surface area (Å²) in [5, 5.41) is 6.61. The summed E-state index contributed by atoms with van der Waals surface area (Å²) in [4.78, 5) is 12.8. The lowest BCUT2D eigenvalue weighted by Gasteiger charge is -2.27. The van der Waals surface area contributed by atoms with E-state index in [1.165, 1.54) is 23.1 Å². The zero-order valence-corrected chi connectivity index (χ0v) is 21.0. The van der Waals surface area contributed by atoms with Crippen molar-refractivity contribution in [3.8, 4) is 11.3 Å². The molecule has 35 heavy (non-hydrogen) atoms. The molecule has 194 valence electrons. The van der Waals surface area contributed by atoms with Crippen LogP contribution >= 0.6 is 11.6 Å². The van der Waals surface area contributed by atoms with Gasteiger partial charge < -0.3 is 5.32 Å². The number of benzene rings is 1. The van der Waals surface area contributed by atoms with Gasteiger partial charge >= 0.3 is 6.18 Å². The number of rotatable bonds is 8. The van der Waals surface area contributed by atoms with E-state index in [-0.39, 0.29) is 51.7 Å². The van der Waals surface area contributed by atoms with Gasteiger partial charge in [0.1, 0.15) is 15.7 Å². The first-order valence-corrected chi connectivity index (χ1v) is 13.7. The van der Waals surface area contributed by atoms with Crippen LogP contribution in [-0.4, -0.2) is 48.3 Å². The van der Waals surface area contributed by atoms with Crippen LogP contribution in [0.3, 0.4) is 0 Å². The lowest BCUT2D eigenvalue weighted by atomic mass is 9.89. The lowest BCUT2D eigenvalue weighted by molar-refractivity contribution is -0.134. The van der Waals surface area contributed by atoms with E-state index >= 15 is 0 Å². The maximum Gasteiger partial charge on any atom is 0.389 e. The van der Waals surface area contributed by atoms with Crippen molar-refractivity contribution in [3.05, 3.63) is 40.3 Å². The molecule has 1 aromatic carbocycles. The number of alkyl halides is 3. The molecule has 0 saturated heterocycles. The third-order valence-electron chi connectivity index (χ3n) is 6.35. The number of halogens is 5. The van der Waals surface area contributed by atoms with Crippen LogP contribution in [-0.2, 0) is 22.8 Å². The number of hydrogen-bond donors (Lipinski definition) is 1. The van der Waals surface area contributed by atoms with E-state index in [2.05, 4.69) is 10.4 Å². The number of carbonyl (C=O) groups excluding carboxylic acids is 1. The van der Waals surface area contributed by atoms with Gasteiger partial charge in [-0.15, -0.1) is 0 Å². The predicted octanol–water partition coefficient (Wildman–Crippen LogP) is 5.19. The van der Waals surface area contributed by atoms with E-state index in [4.69, 9.17) is 11.6 Å². The molecule has 1 N–H and O–H groups in total. The van der Waals surface area contributed by atoms with Crippen LogP contribution in [0, 0.1) is 11.7 Å². The van der Waals surface area contributed by atoms with E-state index in [0.29, 0.717) is 32.2 Å². The van der Waals surface area contributed by atoms with Gasteiger partial charge in [0.2, 0.25) is 0 Å². The monoisotopic (exact) mass is 537 g/mol. The largest absolute Gasteiger partial charge is 0.389 e. The first kappa shape index (κ1) is 27.4. The van der Waals surface area contributed by atoms with Crippen LogP contribution in [0.4, 0.5) is 17.6 Å². The first-order chi connectivity index (χ1) is 16.3. The maximum absolute atomic E-state index is 14.8. The first-order valence-electron chi connectivity index (χ1n) is 11.4. The molecule has 0 spiro atoms. The molecule has 1 amide bonds. The van der Waals surface area contributed by atoms with Crippen molar-refractivity contribution in [1.29, 1.82) is 0 Å². The Labute approximate surface area is 207 Å². The number of hydrogen-bond acceptors (Lipinski definition) is 4. The second-order valence-electron chi connectivity index (χ2n) is 8.94. The highest BCUT2D eigenvalue weighted by Crippen LogP contribution is 2.34. The van der Waals surface area contributed by atoms with Gasteiger partial charge in [-0.1, -0.05) is 17.7 Å². The number of aryl methyl sites for hydroxylation is 2. The Morgan fingerprint density at radius 2 is 1.89 bits per heavy atom. The Bertz CT molecular complexity index is 1170. The van der Waals surface area contributed by atoms with Gasteiger partial charge in [-0.05, 0) is 62.6 Å². The van der Waals surface area contributed by atoms with Crippen LogP contribution in [0.2, 0.25) is 5.02 Å². The number of nitrogens with zero attached hydrogens (tertiary/aromatic N) is 2. The van der Waals surface area contributed by atoms with E-state index in [1.54, 1.807) is 6.92 Å². The Morgan fingerprint density at radius 1 is 1.23 bits per heavy atom. The minimum absolute atomic E-state index is 0.0401. The fourth-order valence-electron chi connectivity index (χ4n) is 4.35. The molecule has 6 nitrogen and oxygen atoms in total. The average molecular weight is 538 g/mol. The van der Waals surface area contributed by atoms with Crippen LogP contribution < -0.4 is 5.32 Å².